The fourth-order valence-electron chi connectivity index (χ4n) is 4.05. The summed E-state index contributed by atoms with van der Waals surface area (Å²) in [5, 5.41) is 2.18. The van der Waals surface area contributed by atoms with E-state index in [1.807, 2.05) is 48.5 Å². The van der Waals surface area contributed by atoms with Crippen LogP contribution in [-0.2, 0) is 0 Å². The van der Waals surface area contributed by atoms with Crippen LogP contribution in [-0.4, -0.2) is 11.8 Å². The Morgan fingerprint density at radius 1 is 0.594 bits per heavy atom. The zero-order chi connectivity index (χ0) is 21.8. The van der Waals surface area contributed by atoms with E-state index in [1.165, 1.54) is 0 Å². The van der Waals surface area contributed by atoms with E-state index in [9.17, 15) is 9.59 Å². The number of benzene rings is 4. The number of hydrogen-bond acceptors (Lipinski definition) is 4. The van der Waals surface area contributed by atoms with E-state index in [1.54, 1.807) is 36.4 Å². The predicted molar refractivity (Wildman–Crippen MR) is 124 cm³/mol. The third-order valence-electron chi connectivity index (χ3n) is 5.52. The summed E-state index contributed by atoms with van der Waals surface area (Å²) in [5.41, 5.74) is 2.90. The molecular formula is C26H14ClNO4. The molecule has 0 N–H and O–H groups in total. The Kier molecular flexibility index (Phi) is 4.06. The first-order valence-electron chi connectivity index (χ1n) is 9.97. The molecule has 2 amide bonds. The van der Waals surface area contributed by atoms with Crippen molar-refractivity contribution >= 4 is 62.2 Å². The largest absolute Gasteiger partial charge is 0.453 e. The van der Waals surface area contributed by atoms with Crippen LogP contribution in [0.4, 0.5) is 5.69 Å². The van der Waals surface area contributed by atoms with Crippen LogP contribution in [0, 0.1) is 0 Å². The summed E-state index contributed by atoms with van der Waals surface area (Å²) in [7, 11) is 0. The van der Waals surface area contributed by atoms with Crippen molar-refractivity contribution < 1.29 is 18.4 Å². The molecule has 1 aliphatic rings. The van der Waals surface area contributed by atoms with Crippen molar-refractivity contribution in [2.45, 2.75) is 0 Å². The molecule has 1 aliphatic heterocycles. The van der Waals surface area contributed by atoms with Crippen LogP contribution >= 0.6 is 11.6 Å². The first kappa shape index (κ1) is 18.7. The van der Waals surface area contributed by atoms with E-state index in [-0.39, 0.29) is 11.1 Å². The molecule has 0 radical (unpaired) electrons. The molecule has 1 aromatic heterocycles. The van der Waals surface area contributed by atoms with Gasteiger partial charge in [-0.25, -0.2) is 4.90 Å². The van der Waals surface area contributed by atoms with E-state index < -0.39 is 11.8 Å². The Labute approximate surface area is 186 Å². The molecule has 0 aliphatic carbocycles. The number of hydrogen-bond donors (Lipinski definition) is 0. The number of fused-ring (bicyclic) bond motifs is 5. The molecule has 0 bridgehead atoms. The van der Waals surface area contributed by atoms with Gasteiger partial charge < -0.3 is 8.83 Å². The second-order valence-corrected chi connectivity index (χ2v) is 7.90. The molecule has 154 valence electrons. The van der Waals surface area contributed by atoms with Crippen LogP contribution in [0.1, 0.15) is 20.7 Å². The minimum atomic E-state index is -0.436. The minimum absolute atomic E-state index is 0.253. The first-order chi connectivity index (χ1) is 15.6. The summed E-state index contributed by atoms with van der Waals surface area (Å²) < 4.78 is 12.4. The summed E-state index contributed by atoms with van der Waals surface area (Å²) in [6, 6.07) is 25.0. The van der Waals surface area contributed by atoms with Gasteiger partial charge >= 0.3 is 0 Å². The van der Waals surface area contributed by atoms with Gasteiger partial charge in [0.25, 0.3) is 11.8 Å². The average molecular weight is 440 g/mol. The van der Waals surface area contributed by atoms with Crippen LogP contribution in [0.15, 0.2) is 93.8 Å². The molecule has 6 heteroatoms. The summed E-state index contributed by atoms with van der Waals surface area (Å²) in [6.07, 6.45) is 0. The maximum absolute atomic E-state index is 13.2. The molecule has 2 heterocycles. The third-order valence-corrected chi connectivity index (χ3v) is 5.76. The number of carbonyl (C=O) groups excluding carboxylic acids is 2. The third kappa shape index (κ3) is 2.79. The Bertz CT molecular complexity index is 1540. The molecule has 5 aromatic rings. The van der Waals surface area contributed by atoms with Crippen molar-refractivity contribution in [3.8, 4) is 0 Å². The molecule has 5 nitrogen and oxygen atoms in total. The van der Waals surface area contributed by atoms with Gasteiger partial charge in [-0.1, -0.05) is 54.1 Å². The number of halogens is 1. The Hall–Kier alpha value is -4.09. The highest BCUT2D eigenvalue weighted by molar-refractivity contribution is 6.36. The molecule has 0 spiro atoms. The molecule has 6 rings (SSSR count). The van der Waals surface area contributed by atoms with Crippen molar-refractivity contribution in [1.82, 2.24) is 0 Å². The number of nitrogens with zero attached hydrogens (tertiary/aromatic N) is 1. The predicted octanol–water partition coefficient (Wildman–Crippen LogP) is 6.91. The Morgan fingerprint density at radius 2 is 1.12 bits per heavy atom. The molecule has 0 saturated carbocycles. The lowest BCUT2D eigenvalue weighted by Crippen LogP contribution is -2.29. The fourth-order valence-corrected chi connectivity index (χ4v) is 4.23. The topological polar surface area (TPSA) is 63.7 Å². The van der Waals surface area contributed by atoms with E-state index in [4.69, 9.17) is 20.4 Å². The van der Waals surface area contributed by atoms with Gasteiger partial charge in [0, 0.05) is 15.8 Å². The van der Waals surface area contributed by atoms with Gasteiger partial charge in [0.2, 0.25) is 0 Å². The van der Waals surface area contributed by atoms with Gasteiger partial charge in [0.1, 0.15) is 11.2 Å². The average Bonchev–Trinajstić information content (AvgIpc) is 3.03. The van der Waals surface area contributed by atoms with Crippen LogP contribution in [0.5, 0.6) is 0 Å². The number of carbonyl (C=O) groups is 2. The number of para-hydroxylation sites is 2. The molecule has 0 unspecified atom stereocenters. The fraction of sp³-hybridized carbons (Fsp3) is 0. The monoisotopic (exact) mass is 439 g/mol. The highest BCUT2D eigenvalue weighted by Crippen LogP contribution is 2.34. The number of imide groups is 1. The van der Waals surface area contributed by atoms with Crippen molar-refractivity contribution in [3.05, 3.63) is 101 Å². The molecule has 0 saturated heterocycles. The van der Waals surface area contributed by atoms with Crippen LogP contribution in [0.3, 0.4) is 0 Å². The maximum Gasteiger partial charge on any atom is 0.266 e. The van der Waals surface area contributed by atoms with Gasteiger partial charge in [0.15, 0.2) is 11.2 Å². The highest BCUT2D eigenvalue weighted by atomic mass is 35.5. The minimum Gasteiger partial charge on any atom is -0.453 e. The van der Waals surface area contributed by atoms with Gasteiger partial charge in [0.05, 0.1) is 16.8 Å². The standard InChI is InChI=1S/C26H14ClNO4/c27-15-6-5-7-16(12-15)28-25(29)19-13-23-24(14-20(19)26(28)30)32-22-11-4-2-9-18(22)17-8-1-3-10-21(17)31-23/h1-14H. The SMILES string of the molecule is O=C1c2cc3oc4ccccc4c4ccccc4oc3cc2C(=O)N1c1cccc(Cl)c1. The van der Waals surface area contributed by atoms with Crippen LogP contribution < -0.4 is 4.90 Å². The zero-order valence-electron chi connectivity index (χ0n) is 16.5. The quantitative estimate of drug-likeness (QED) is 0.266. The van der Waals surface area contributed by atoms with Crippen molar-refractivity contribution in [2.24, 2.45) is 0 Å². The zero-order valence-corrected chi connectivity index (χ0v) is 17.3. The lowest BCUT2D eigenvalue weighted by molar-refractivity contribution is 0.0926. The van der Waals surface area contributed by atoms with E-state index in [0.717, 1.165) is 15.7 Å². The van der Waals surface area contributed by atoms with Crippen molar-refractivity contribution in [1.29, 1.82) is 0 Å². The maximum atomic E-state index is 13.2. The highest BCUT2D eigenvalue weighted by Gasteiger charge is 2.37. The van der Waals surface area contributed by atoms with Gasteiger partial charge in [-0.3, -0.25) is 9.59 Å². The summed E-state index contributed by atoms with van der Waals surface area (Å²) in [4.78, 5) is 27.5. The van der Waals surface area contributed by atoms with Gasteiger partial charge in [-0.15, -0.1) is 0 Å². The molecule has 0 atom stereocenters. The first-order valence-corrected chi connectivity index (χ1v) is 10.3. The van der Waals surface area contributed by atoms with Gasteiger partial charge in [-0.2, -0.15) is 0 Å². The lowest BCUT2D eigenvalue weighted by Gasteiger charge is -2.13. The molecule has 4 aromatic carbocycles. The second kappa shape index (κ2) is 6.97. The van der Waals surface area contributed by atoms with E-state index in [2.05, 4.69) is 0 Å². The smallest absolute Gasteiger partial charge is 0.266 e. The molecule has 32 heavy (non-hydrogen) atoms. The summed E-state index contributed by atoms with van der Waals surface area (Å²) in [5.74, 6) is -0.871. The number of rotatable bonds is 1. The number of amides is 2. The summed E-state index contributed by atoms with van der Waals surface area (Å²) >= 11 is 6.08. The van der Waals surface area contributed by atoms with E-state index >= 15 is 0 Å². The lowest BCUT2D eigenvalue weighted by atomic mass is 10.1. The normalized spacial score (nSPS) is 13.2. The molecular weight excluding hydrogens is 426 g/mol. The Morgan fingerprint density at radius 3 is 1.66 bits per heavy atom. The summed E-state index contributed by atoms with van der Waals surface area (Å²) in [6.45, 7) is 0. The van der Waals surface area contributed by atoms with Crippen LogP contribution in [0.25, 0.3) is 33.1 Å². The second-order valence-electron chi connectivity index (χ2n) is 7.47. The van der Waals surface area contributed by atoms with Crippen molar-refractivity contribution in [2.75, 3.05) is 4.90 Å². The van der Waals surface area contributed by atoms with Crippen molar-refractivity contribution in [3.63, 3.8) is 0 Å². The van der Waals surface area contributed by atoms with Gasteiger partial charge in [-0.05, 0) is 42.5 Å². The van der Waals surface area contributed by atoms with Crippen LogP contribution in [0.2, 0.25) is 5.02 Å². The molecule has 0 fully saturated rings. The van der Waals surface area contributed by atoms with E-state index in [0.29, 0.717) is 33.0 Å². The number of anilines is 1. The Balaban J connectivity index is 1.66.